The molecule has 1 spiro atoms. The molecule has 0 radical (unpaired) electrons. The number of furan rings is 1. The highest BCUT2D eigenvalue weighted by Crippen LogP contribution is 2.71. The fourth-order valence-electron chi connectivity index (χ4n) is 8.16. The van der Waals surface area contributed by atoms with Gasteiger partial charge in [0.2, 0.25) is 0 Å². The van der Waals surface area contributed by atoms with Crippen molar-refractivity contribution >= 4 is 23.7 Å². The smallest absolute Gasteiger partial charge is 0.309 e. The highest BCUT2D eigenvalue weighted by atomic mass is 16.6. The van der Waals surface area contributed by atoms with Gasteiger partial charge < -0.3 is 28.5 Å². The van der Waals surface area contributed by atoms with Crippen LogP contribution in [0, 0.1) is 22.2 Å². The molecular formula is C29H36O10. The number of rotatable bonds is 4. The molecule has 2 bridgehead atoms. The third-order valence-corrected chi connectivity index (χ3v) is 10.3. The molecule has 2 saturated carbocycles. The summed E-state index contributed by atoms with van der Waals surface area (Å²) in [6.45, 7) is 12.7. The second-order valence-electron chi connectivity index (χ2n) is 12.6. The number of carbonyl (C=O) groups is 4. The normalized spacial score (nSPS) is 42.6. The fourth-order valence-corrected chi connectivity index (χ4v) is 8.16. The van der Waals surface area contributed by atoms with E-state index in [4.69, 9.17) is 23.4 Å². The highest BCUT2D eigenvalue weighted by Gasteiger charge is 2.79. The SMILES string of the molecule is C=C1[C@]2(O)C[C@@]3(C)[C@H](c4ccoc4)OC(=O)C[C@]13O[C@H]1C[C@@H](OC(C)=O)C(C)(C)[C@H](CC(=O)OC)[C@@]1(C)C2=O. The molecule has 5 rings (SSSR count). The van der Waals surface area contributed by atoms with Crippen LogP contribution in [0.1, 0.15) is 72.0 Å². The average Bonchev–Trinajstić information content (AvgIpc) is 3.43. The largest absolute Gasteiger partial charge is 0.472 e. The van der Waals surface area contributed by atoms with Gasteiger partial charge in [0.15, 0.2) is 5.78 Å². The Morgan fingerprint density at radius 3 is 2.49 bits per heavy atom. The second kappa shape index (κ2) is 8.51. The zero-order chi connectivity index (χ0) is 28.8. The first-order valence-corrected chi connectivity index (χ1v) is 13.2. The van der Waals surface area contributed by atoms with Crippen molar-refractivity contribution in [2.45, 2.75) is 89.8 Å². The lowest BCUT2D eigenvalue weighted by atomic mass is 9.50. The number of carbonyl (C=O) groups excluding carboxylic acids is 4. The van der Waals surface area contributed by atoms with Gasteiger partial charge in [0.1, 0.15) is 23.4 Å². The number of Topliss-reactive ketones (excluding diaryl/α,β-unsaturated/α-hetero) is 1. The molecule has 39 heavy (non-hydrogen) atoms. The van der Waals surface area contributed by atoms with Gasteiger partial charge in [-0.3, -0.25) is 19.2 Å². The molecule has 3 heterocycles. The summed E-state index contributed by atoms with van der Waals surface area (Å²) in [5.41, 5.74) is -6.27. The fraction of sp³-hybridized carbons (Fsp3) is 0.655. The van der Waals surface area contributed by atoms with Crippen molar-refractivity contribution in [3.63, 3.8) is 0 Å². The van der Waals surface area contributed by atoms with Crippen LogP contribution in [0.2, 0.25) is 0 Å². The molecule has 4 fully saturated rings. The minimum atomic E-state index is -2.08. The first kappa shape index (κ1) is 27.6. The summed E-state index contributed by atoms with van der Waals surface area (Å²) in [4.78, 5) is 52.7. The summed E-state index contributed by atoms with van der Waals surface area (Å²) in [5.74, 6) is -2.92. The van der Waals surface area contributed by atoms with Gasteiger partial charge in [-0.2, -0.15) is 0 Å². The third-order valence-electron chi connectivity index (χ3n) is 10.3. The van der Waals surface area contributed by atoms with E-state index in [0.29, 0.717) is 5.56 Å². The van der Waals surface area contributed by atoms with Crippen molar-refractivity contribution in [3.8, 4) is 0 Å². The van der Waals surface area contributed by atoms with E-state index >= 15 is 0 Å². The number of hydrogen-bond acceptors (Lipinski definition) is 10. The van der Waals surface area contributed by atoms with Crippen LogP contribution in [-0.2, 0) is 38.1 Å². The molecule has 212 valence electrons. The molecule has 1 N–H and O–H groups in total. The van der Waals surface area contributed by atoms with Crippen molar-refractivity contribution in [1.82, 2.24) is 0 Å². The first-order chi connectivity index (χ1) is 18.1. The molecule has 2 aliphatic heterocycles. The molecule has 8 atom stereocenters. The number of methoxy groups -OCH3 is 1. The van der Waals surface area contributed by atoms with Crippen LogP contribution < -0.4 is 0 Å². The molecule has 1 aromatic heterocycles. The Hall–Kier alpha value is -2.98. The number of aliphatic hydroxyl groups is 1. The van der Waals surface area contributed by atoms with Crippen molar-refractivity contribution in [3.05, 3.63) is 36.3 Å². The number of hydrogen-bond donors (Lipinski definition) is 1. The van der Waals surface area contributed by atoms with Crippen LogP contribution in [0.25, 0.3) is 0 Å². The third kappa shape index (κ3) is 3.46. The first-order valence-electron chi connectivity index (χ1n) is 13.2. The minimum absolute atomic E-state index is 0.0990. The predicted molar refractivity (Wildman–Crippen MR) is 134 cm³/mol. The van der Waals surface area contributed by atoms with Gasteiger partial charge in [-0.15, -0.1) is 0 Å². The van der Waals surface area contributed by atoms with Gasteiger partial charge in [0.05, 0.1) is 44.0 Å². The van der Waals surface area contributed by atoms with Crippen LogP contribution in [0.5, 0.6) is 0 Å². The highest BCUT2D eigenvalue weighted by molar-refractivity contribution is 5.99. The van der Waals surface area contributed by atoms with E-state index in [0.717, 1.165) is 0 Å². The number of fused-ring (bicyclic) bond motifs is 2. The van der Waals surface area contributed by atoms with Crippen LogP contribution >= 0.6 is 0 Å². The zero-order valence-corrected chi connectivity index (χ0v) is 23.2. The van der Waals surface area contributed by atoms with Gasteiger partial charge >= 0.3 is 17.9 Å². The number of ether oxygens (including phenoxy) is 4. The Kier molecular flexibility index (Phi) is 6.02. The predicted octanol–water partition coefficient (Wildman–Crippen LogP) is 3.22. The van der Waals surface area contributed by atoms with E-state index in [1.54, 1.807) is 13.0 Å². The van der Waals surface area contributed by atoms with Crippen LogP contribution in [0.4, 0.5) is 0 Å². The summed E-state index contributed by atoms with van der Waals surface area (Å²) in [7, 11) is 1.26. The van der Waals surface area contributed by atoms with Gasteiger partial charge in [-0.25, -0.2) is 0 Å². The molecule has 10 heteroatoms. The zero-order valence-electron chi connectivity index (χ0n) is 23.2. The molecule has 2 aliphatic carbocycles. The molecule has 0 unspecified atom stereocenters. The molecule has 4 aliphatic rings. The monoisotopic (exact) mass is 544 g/mol. The van der Waals surface area contributed by atoms with Crippen molar-refractivity contribution in [1.29, 1.82) is 0 Å². The van der Waals surface area contributed by atoms with E-state index in [1.165, 1.54) is 26.6 Å². The maximum atomic E-state index is 14.8. The van der Waals surface area contributed by atoms with Gasteiger partial charge in [0, 0.05) is 29.7 Å². The minimum Gasteiger partial charge on any atom is -0.472 e. The Labute approximate surface area is 227 Å². The Bertz CT molecular complexity index is 1250. The van der Waals surface area contributed by atoms with E-state index in [2.05, 4.69) is 6.58 Å². The van der Waals surface area contributed by atoms with Crippen molar-refractivity contribution in [2.24, 2.45) is 22.2 Å². The maximum Gasteiger partial charge on any atom is 0.309 e. The Morgan fingerprint density at radius 1 is 1.21 bits per heavy atom. The van der Waals surface area contributed by atoms with Crippen molar-refractivity contribution < 1.29 is 47.6 Å². The van der Waals surface area contributed by atoms with Crippen molar-refractivity contribution in [2.75, 3.05) is 7.11 Å². The summed E-state index contributed by atoms with van der Waals surface area (Å²) in [6.07, 6.45) is -0.0488. The lowest BCUT2D eigenvalue weighted by molar-refractivity contribution is -0.261. The van der Waals surface area contributed by atoms with Gasteiger partial charge in [-0.1, -0.05) is 27.4 Å². The number of ketones is 1. The lowest BCUT2D eigenvalue weighted by Crippen LogP contribution is -2.66. The lowest BCUT2D eigenvalue weighted by Gasteiger charge is -2.59. The standard InChI is InChI=1S/C29H36O10/c1-15-28(34)14-26(5)23(17-8-9-36-13-17)38-22(32)12-29(15,26)39-20-11-19(37-16(2)30)25(3,4)18(10-21(31)35-7)27(20,6)24(28)33/h8-9,13,18-20,23,34H,1,10-12,14H2,2-7H3/t18-,19+,20-,23-,26-,27+,28+,29-/m0/s1. The van der Waals surface area contributed by atoms with Gasteiger partial charge in [0.25, 0.3) is 0 Å². The molecule has 1 aromatic rings. The topological polar surface area (TPSA) is 139 Å². The van der Waals surface area contributed by atoms with E-state index in [-0.39, 0.29) is 31.3 Å². The summed E-state index contributed by atoms with van der Waals surface area (Å²) < 4.78 is 28.7. The molecule has 0 amide bonds. The Balaban J connectivity index is 1.71. The summed E-state index contributed by atoms with van der Waals surface area (Å²) >= 11 is 0. The summed E-state index contributed by atoms with van der Waals surface area (Å²) in [5, 5.41) is 12.3. The molecule has 10 nitrogen and oxygen atoms in total. The van der Waals surface area contributed by atoms with E-state index in [1.807, 2.05) is 20.8 Å². The van der Waals surface area contributed by atoms with Crippen LogP contribution in [-0.4, -0.2) is 59.3 Å². The van der Waals surface area contributed by atoms with Gasteiger partial charge in [-0.05, 0) is 30.9 Å². The average molecular weight is 545 g/mol. The molecule has 2 saturated heterocycles. The van der Waals surface area contributed by atoms with Crippen LogP contribution in [0.15, 0.2) is 35.2 Å². The van der Waals surface area contributed by atoms with E-state index in [9.17, 15) is 24.3 Å². The maximum absolute atomic E-state index is 14.8. The Morgan fingerprint density at radius 2 is 1.90 bits per heavy atom. The number of cyclic esters (lactones) is 1. The van der Waals surface area contributed by atoms with Crippen LogP contribution in [0.3, 0.4) is 0 Å². The molecular weight excluding hydrogens is 508 g/mol. The second-order valence-corrected chi connectivity index (χ2v) is 12.6. The summed E-state index contributed by atoms with van der Waals surface area (Å²) in [6, 6.07) is 1.67. The number of esters is 3. The van der Waals surface area contributed by atoms with E-state index < -0.39 is 75.4 Å². The molecule has 0 aromatic carbocycles. The quantitative estimate of drug-likeness (QED) is 0.341.